The molecule has 0 heterocycles. The van der Waals surface area contributed by atoms with E-state index >= 15 is 0 Å². The molecule has 1 N–H and O–H groups in total. The summed E-state index contributed by atoms with van der Waals surface area (Å²) in [4.78, 5) is 25.5. The van der Waals surface area contributed by atoms with Crippen LogP contribution in [0, 0.1) is 0 Å². The second-order valence-corrected chi connectivity index (χ2v) is 20.0. The quantitative estimate of drug-likeness (QED) is 0.0300. The van der Waals surface area contributed by atoms with Gasteiger partial charge in [0.15, 0.2) is 0 Å². The van der Waals surface area contributed by atoms with Crippen molar-refractivity contribution in [1.82, 2.24) is 0 Å². The number of carbonyl (C=O) groups excluding carboxylic acids is 2. The zero-order valence-corrected chi connectivity index (χ0v) is 42.4. The highest BCUT2D eigenvalue weighted by molar-refractivity contribution is 7.86. The lowest BCUT2D eigenvalue weighted by atomic mass is 10.0. The van der Waals surface area contributed by atoms with Crippen LogP contribution in [0.1, 0.15) is 291 Å². The maximum Gasteiger partial charge on any atom is 0.340 e. The molecule has 0 amide bonds. The van der Waals surface area contributed by atoms with Crippen molar-refractivity contribution < 1.29 is 32.0 Å². The Morgan fingerprint density at radius 2 is 0.688 bits per heavy atom. The molecule has 8 heteroatoms. The number of allylic oxidation sites excluding steroid dienone is 4. The van der Waals surface area contributed by atoms with Crippen LogP contribution in [0.3, 0.4) is 0 Å². The number of rotatable bonds is 47. The molecule has 0 radical (unpaired) electrons. The number of ether oxygens (including phenoxy) is 2. The average Bonchev–Trinajstić information content (AvgIpc) is 3.28. The van der Waals surface area contributed by atoms with Gasteiger partial charge in [0, 0.05) is 0 Å². The molecule has 64 heavy (non-hydrogen) atoms. The van der Waals surface area contributed by atoms with E-state index in [2.05, 4.69) is 38.2 Å². The minimum absolute atomic E-state index is 0.114. The first-order chi connectivity index (χ1) is 31.3. The number of carbonyl (C=O) groups is 2. The summed E-state index contributed by atoms with van der Waals surface area (Å²) in [5.41, 5.74) is -0.663. The van der Waals surface area contributed by atoms with Gasteiger partial charge < -0.3 is 9.47 Å². The maximum absolute atomic E-state index is 13.1. The van der Waals surface area contributed by atoms with Crippen LogP contribution in [-0.4, -0.2) is 38.1 Å². The van der Waals surface area contributed by atoms with Crippen LogP contribution in [0.4, 0.5) is 0 Å². The molecule has 0 aliphatic heterocycles. The molecule has 1 rings (SSSR count). The predicted octanol–water partition coefficient (Wildman–Crippen LogP) is 18.0. The molecule has 0 atom stereocenters. The lowest BCUT2D eigenvalue weighted by Crippen LogP contribution is -2.19. The first-order valence-corrected chi connectivity index (χ1v) is 28.4. The molecule has 1 aromatic rings. The minimum atomic E-state index is -4.77. The van der Waals surface area contributed by atoms with Gasteiger partial charge in [-0.25, -0.2) is 9.59 Å². The van der Waals surface area contributed by atoms with Gasteiger partial charge in [0.1, 0.15) is 4.90 Å². The highest BCUT2D eigenvalue weighted by Gasteiger charge is 2.28. The fourth-order valence-corrected chi connectivity index (χ4v) is 9.38. The standard InChI is InChI=1S/C56H98O7S/c1-3-5-7-9-11-13-15-17-19-21-23-25-27-29-31-33-35-37-39-41-43-45-50-62-55(57)52-48-47-49-53(64(59,60)61)54(52)56(58)63-51-46-44-42-40-38-36-34-32-30-28-26-24-22-20-18-16-14-12-10-8-6-4-2/h3-6,47-49H,7-46,50-51H2,1-2H3,(H,59,60,61)/b5-3+,6-4+. The minimum Gasteiger partial charge on any atom is -0.462 e. The molecule has 370 valence electrons. The van der Waals surface area contributed by atoms with Crippen molar-refractivity contribution in [2.24, 2.45) is 0 Å². The molecule has 0 spiro atoms. The Hall–Kier alpha value is -2.45. The van der Waals surface area contributed by atoms with Gasteiger partial charge >= 0.3 is 11.9 Å². The third kappa shape index (κ3) is 35.8. The van der Waals surface area contributed by atoms with Crippen LogP contribution < -0.4 is 0 Å². The van der Waals surface area contributed by atoms with E-state index in [9.17, 15) is 22.6 Å². The van der Waals surface area contributed by atoms with E-state index in [4.69, 9.17) is 9.47 Å². The Bertz CT molecular complexity index is 1400. The first-order valence-electron chi connectivity index (χ1n) is 27.0. The summed E-state index contributed by atoms with van der Waals surface area (Å²) in [6.45, 7) is 4.49. The molecular weight excluding hydrogens is 817 g/mol. The van der Waals surface area contributed by atoms with E-state index in [1.807, 2.05) is 0 Å². The van der Waals surface area contributed by atoms with Gasteiger partial charge in [0.25, 0.3) is 10.1 Å². The van der Waals surface area contributed by atoms with Gasteiger partial charge in [-0.1, -0.05) is 249 Å². The van der Waals surface area contributed by atoms with Gasteiger partial charge in [-0.15, -0.1) is 0 Å². The van der Waals surface area contributed by atoms with Gasteiger partial charge in [-0.3, -0.25) is 4.55 Å². The van der Waals surface area contributed by atoms with Crippen molar-refractivity contribution in [2.45, 2.75) is 276 Å². The molecule has 0 bridgehead atoms. The number of esters is 2. The largest absolute Gasteiger partial charge is 0.462 e. The summed E-state index contributed by atoms with van der Waals surface area (Å²) < 4.78 is 45.1. The van der Waals surface area contributed by atoms with Crippen molar-refractivity contribution in [2.75, 3.05) is 13.2 Å². The SMILES string of the molecule is C/C=C/CCCCCCCCCCCCCCCCCCCCCOC(=O)c1cccc(S(=O)(=O)O)c1C(=O)OCCCCCCCCCCCCCCCCCCCCC/C=C/C. The van der Waals surface area contributed by atoms with E-state index < -0.39 is 32.5 Å². The van der Waals surface area contributed by atoms with E-state index in [0.29, 0.717) is 12.8 Å². The molecular formula is C56H98O7S. The van der Waals surface area contributed by atoms with Gasteiger partial charge in [0.05, 0.1) is 24.3 Å². The van der Waals surface area contributed by atoms with E-state index in [0.717, 1.165) is 44.6 Å². The number of unbranched alkanes of at least 4 members (excludes halogenated alkanes) is 38. The summed E-state index contributed by atoms with van der Waals surface area (Å²) in [6, 6.07) is 3.79. The van der Waals surface area contributed by atoms with E-state index in [1.165, 1.54) is 218 Å². The third-order valence-corrected chi connectivity index (χ3v) is 13.6. The summed E-state index contributed by atoms with van der Waals surface area (Å²) >= 11 is 0. The molecule has 0 unspecified atom stereocenters. The molecule has 7 nitrogen and oxygen atoms in total. The maximum atomic E-state index is 13.1. The zero-order valence-electron chi connectivity index (χ0n) is 41.5. The second kappa shape index (κ2) is 44.4. The summed E-state index contributed by atoms with van der Waals surface area (Å²) in [5, 5.41) is 0. The van der Waals surface area contributed by atoms with E-state index in [1.54, 1.807) is 0 Å². The monoisotopic (exact) mass is 915 g/mol. The average molecular weight is 915 g/mol. The van der Waals surface area contributed by atoms with Gasteiger partial charge in [0.2, 0.25) is 0 Å². The summed E-state index contributed by atoms with van der Waals surface area (Å²) in [5.74, 6) is -1.73. The van der Waals surface area contributed by atoms with Crippen molar-refractivity contribution in [3.8, 4) is 0 Å². The van der Waals surface area contributed by atoms with Gasteiger partial charge in [-0.2, -0.15) is 8.42 Å². The van der Waals surface area contributed by atoms with Crippen molar-refractivity contribution in [3.63, 3.8) is 0 Å². The number of hydrogen-bond donors (Lipinski definition) is 1. The first kappa shape index (κ1) is 59.6. The van der Waals surface area contributed by atoms with Crippen LogP contribution in [0.25, 0.3) is 0 Å². The molecule has 0 saturated heterocycles. The highest BCUT2D eigenvalue weighted by atomic mass is 32.2. The fourth-order valence-electron chi connectivity index (χ4n) is 8.68. The van der Waals surface area contributed by atoms with E-state index in [-0.39, 0.29) is 18.8 Å². The van der Waals surface area contributed by atoms with Crippen LogP contribution in [0.2, 0.25) is 0 Å². The molecule has 1 aromatic carbocycles. The van der Waals surface area contributed by atoms with Crippen LogP contribution in [0.15, 0.2) is 47.4 Å². The van der Waals surface area contributed by atoms with Crippen molar-refractivity contribution in [1.29, 1.82) is 0 Å². The second-order valence-electron chi connectivity index (χ2n) is 18.6. The highest BCUT2D eigenvalue weighted by Crippen LogP contribution is 2.23. The molecule has 0 fully saturated rings. The molecule has 0 aromatic heterocycles. The number of benzene rings is 1. The smallest absolute Gasteiger partial charge is 0.340 e. The lowest BCUT2D eigenvalue weighted by molar-refractivity contribution is 0.0446. The van der Waals surface area contributed by atoms with Crippen LogP contribution >= 0.6 is 0 Å². The Balaban J connectivity index is 2.09. The Morgan fingerprint density at radius 1 is 0.422 bits per heavy atom. The summed E-state index contributed by atoms with van der Waals surface area (Å²) in [7, 11) is -4.77. The predicted molar refractivity (Wildman–Crippen MR) is 271 cm³/mol. The van der Waals surface area contributed by atoms with Crippen molar-refractivity contribution >= 4 is 22.1 Å². The molecule has 0 saturated carbocycles. The van der Waals surface area contributed by atoms with Crippen LogP contribution in [0.5, 0.6) is 0 Å². The Labute approximate surface area is 394 Å². The molecule has 0 aliphatic carbocycles. The van der Waals surface area contributed by atoms with Crippen LogP contribution in [-0.2, 0) is 19.6 Å². The Kier molecular flexibility index (Phi) is 41.3. The lowest BCUT2D eigenvalue weighted by Gasteiger charge is -2.13. The normalized spacial score (nSPS) is 11.9. The molecule has 0 aliphatic rings. The topological polar surface area (TPSA) is 107 Å². The van der Waals surface area contributed by atoms with Crippen molar-refractivity contribution in [3.05, 3.63) is 53.6 Å². The van der Waals surface area contributed by atoms with Gasteiger partial charge in [-0.05, 0) is 64.5 Å². The summed E-state index contributed by atoms with van der Waals surface area (Å²) in [6.07, 6.45) is 59.5. The third-order valence-electron chi connectivity index (χ3n) is 12.7. The number of hydrogen-bond acceptors (Lipinski definition) is 6. The Morgan fingerprint density at radius 3 is 0.969 bits per heavy atom. The fraction of sp³-hybridized carbons (Fsp3) is 0.786. The zero-order chi connectivity index (χ0) is 46.4.